The Balaban J connectivity index is 1.89. The van der Waals surface area contributed by atoms with Gasteiger partial charge >= 0.3 is 0 Å². The predicted molar refractivity (Wildman–Crippen MR) is 91.1 cm³/mol. The molecule has 2 aliphatic rings. The Hall–Kier alpha value is -1.45. The summed E-state index contributed by atoms with van der Waals surface area (Å²) in [7, 11) is 2.21. The number of aryl methyl sites for hydroxylation is 2. The quantitative estimate of drug-likeness (QED) is 0.943. The number of nitrogens with zero attached hydrogens (tertiary/aromatic N) is 2. The van der Waals surface area contributed by atoms with Crippen molar-refractivity contribution in [3.05, 3.63) is 40.1 Å². The molecule has 0 spiro atoms. The molecule has 1 aliphatic heterocycles. The highest BCUT2D eigenvalue weighted by atomic mass is 15.1. The van der Waals surface area contributed by atoms with Crippen LogP contribution in [-0.4, -0.2) is 29.5 Å². The maximum absolute atomic E-state index is 5.06. The highest BCUT2D eigenvalue weighted by molar-refractivity contribution is 5.87. The minimum atomic E-state index is 0.742. The summed E-state index contributed by atoms with van der Waals surface area (Å²) in [5.74, 6) is 0. The molecule has 1 N–H and O–H groups in total. The van der Waals surface area contributed by atoms with Crippen molar-refractivity contribution in [1.29, 1.82) is 0 Å². The first-order valence-corrected chi connectivity index (χ1v) is 8.46. The predicted octanol–water partition coefficient (Wildman–Crippen LogP) is 3.09. The fourth-order valence-electron chi connectivity index (χ4n) is 3.50. The lowest BCUT2D eigenvalue weighted by Crippen LogP contribution is -2.29. The lowest BCUT2D eigenvalue weighted by Gasteiger charge is -2.28. The van der Waals surface area contributed by atoms with Crippen LogP contribution in [0.2, 0.25) is 0 Å². The van der Waals surface area contributed by atoms with Crippen molar-refractivity contribution in [1.82, 2.24) is 15.2 Å². The number of rotatable bonds is 3. The zero-order valence-electron chi connectivity index (χ0n) is 13.9. The molecule has 116 valence electrons. The van der Waals surface area contributed by atoms with E-state index in [0.717, 1.165) is 32.1 Å². The van der Waals surface area contributed by atoms with E-state index in [0.29, 0.717) is 0 Å². The molecule has 3 nitrogen and oxygen atoms in total. The summed E-state index contributed by atoms with van der Waals surface area (Å²) in [5.41, 5.74) is 8.18. The van der Waals surface area contributed by atoms with Gasteiger partial charge in [-0.15, -0.1) is 0 Å². The van der Waals surface area contributed by atoms with Crippen molar-refractivity contribution in [3.63, 3.8) is 0 Å². The Morgan fingerprint density at radius 3 is 2.86 bits per heavy atom. The van der Waals surface area contributed by atoms with E-state index in [4.69, 9.17) is 4.98 Å². The minimum absolute atomic E-state index is 0.742. The van der Waals surface area contributed by atoms with Crippen molar-refractivity contribution >= 4 is 10.9 Å². The summed E-state index contributed by atoms with van der Waals surface area (Å²) in [5, 5.41) is 5.07. The van der Waals surface area contributed by atoms with E-state index in [1.54, 1.807) is 0 Å². The highest BCUT2D eigenvalue weighted by Crippen LogP contribution is 2.31. The summed E-state index contributed by atoms with van der Waals surface area (Å²) >= 11 is 0. The standard InChI is InChI=1S/C19H25N3/c1-12-4-7-15-16(10-20-14-5-6-14)17-11-22(3)9-8-18(17)21-19(15)13(12)2/h4,7,14,20H,5-6,8-11H2,1-3H3. The Labute approximate surface area is 132 Å². The van der Waals surface area contributed by atoms with E-state index in [1.165, 1.54) is 51.7 Å². The largest absolute Gasteiger partial charge is 0.310 e. The molecule has 1 fully saturated rings. The summed E-state index contributed by atoms with van der Waals surface area (Å²) in [6.45, 7) is 7.54. The van der Waals surface area contributed by atoms with Crippen LogP contribution in [0, 0.1) is 13.8 Å². The summed E-state index contributed by atoms with van der Waals surface area (Å²) in [6.07, 6.45) is 3.75. The van der Waals surface area contributed by atoms with Gasteiger partial charge in [0, 0.05) is 43.2 Å². The van der Waals surface area contributed by atoms with Crippen molar-refractivity contribution < 1.29 is 0 Å². The molecule has 0 saturated heterocycles. The molecule has 22 heavy (non-hydrogen) atoms. The smallest absolute Gasteiger partial charge is 0.0740 e. The van der Waals surface area contributed by atoms with Crippen LogP contribution in [0.1, 0.15) is 40.8 Å². The second-order valence-electron chi connectivity index (χ2n) is 7.06. The van der Waals surface area contributed by atoms with Gasteiger partial charge in [0.1, 0.15) is 0 Å². The first-order valence-electron chi connectivity index (χ1n) is 8.46. The van der Waals surface area contributed by atoms with Crippen molar-refractivity contribution in [2.45, 2.75) is 52.2 Å². The van der Waals surface area contributed by atoms with Crippen molar-refractivity contribution in [2.24, 2.45) is 0 Å². The number of hydrogen-bond donors (Lipinski definition) is 1. The fourth-order valence-corrected chi connectivity index (χ4v) is 3.50. The minimum Gasteiger partial charge on any atom is -0.310 e. The van der Waals surface area contributed by atoms with E-state index in [2.05, 4.69) is 43.2 Å². The van der Waals surface area contributed by atoms with Gasteiger partial charge < -0.3 is 10.2 Å². The van der Waals surface area contributed by atoms with E-state index in [-0.39, 0.29) is 0 Å². The van der Waals surface area contributed by atoms with E-state index in [1.807, 2.05) is 0 Å². The second-order valence-corrected chi connectivity index (χ2v) is 7.06. The molecule has 1 aromatic carbocycles. The average molecular weight is 295 g/mol. The molecule has 1 aromatic heterocycles. The summed E-state index contributed by atoms with van der Waals surface area (Å²) in [4.78, 5) is 7.47. The topological polar surface area (TPSA) is 28.2 Å². The normalized spacial score (nSPS) is 18.7. The third-order valence-corrected chi connectivity index (χ3v) is 5.29. The van der Waals surface area contributed by atoms with Crippen molar-refractivity contribution in [3.8, 4) is 0 Å². The van der Waals surface area contributed by atoms with Crippen LogP contribution in [0.25, 0.3) is 10.9 Å². The number of pyridine rings is 1. The molecule has 1 saturated carbocycles. The Bertz CT molecular complexity index is 731. The third-order valence-electron chi connectivity index (χ3n) is 5.29. The zero-order valence-corrected chi connectivity index (χ0v) is 13.9. The van der Waals surface area contributed by atoms with Crippen LogP contribution in [0.4, 0.5) is 0 Å². The number of benzene rings is 1. The summed E-state index contributed by atoms with van der Waals surface area (Å²) < 4.78 is 0. The molecule has 3 heteroatoms. The van der Waals surface area contributed by atoms with Crippen LogP contribution in [-0.2, 0) is 19.5 Å². The van der Waals surface area contributed by atoms with Crippen LogP contribution < -0.4 is 5.32 Å². The van der Waals surface area contributed by atoms with Gasteiger partial charge in [-0.05, 0) is 56.0 Å². The fraction of sp³-hybridized carbons (Fsp3) is 0.526. The van der Waals surface area contributed by atoms with Gasteiger partial charge in [-0.1, -0.05) is 12.1 Å². The monoisotopic (exact) mass is 295 g/mol. The van der Waals surface area contributed by atoms with Crippen LogP contribution in [0.3, 0.4) is 0 Å². The molecular formula is C19H25N3. The van der Waals surface area contributed by atoms with Crippen LogP contribution >= 0.6 is 0 Å². The maximum Gasteiger partial charge on any atom is 0.0740 e. The molecule has 0 unspecified atom stereocenters. The molecule has 1 aliphatic carbocycles. The van der Waals surface area contributed by atoms with Gasteiger partial charge in [-0.25, -0.2) is 0 Å². The van der Waals surface area contributed by atoms with Gasteiger partial charge in [0.25, 0.3) is 0 Å². The first kappa shape index (κ1) is 14.2. The number of hydrogen-bond acceptors (Lipinski definition) is 3. The highest BCUT2D eigenvalue weighted by Gasteiger charge is 2.24. The second kappa shape index (κ2) is 5.32. The van der Waals surface area contributed by atoms with Crippen molar-refractivity contribution in [2.75, 3.05) is 13.6 Å². The molecule has 0 atom stereocenters. The summed E-state index contributed by atoms with van der Waals surface area (Å²) in [6, 6.07) is 5.27. The maximum atomic E-state index is 5.06. The van der Waals surface area contributed by atoms with E-state index in [9.17, 15) is 0 Å². The molecule has 0 amide bonds. The van der Waals surface area contributed by atoms with Gasteiger partial charge in [-0.3, -0.25) is 4.98 Å². The number of aromatic nitrogens is 1. The molecule has 2 aromatic rings. The Morgan fingerprint density at radius 1 is 1.27 bits per heavy atom. The number of nitrogens with one attached hydrogen (secondary N) is 1. The Kier molecular flexibility index (Phi) is 3.43. The first-order chi connectivity index (χ1) is 10.6. The third kappa shape index (κ3) is 2.42. The van der Waals surface area contributed by atoms with Gasteiger partial charge in [0.05, 0.1) is 5.52 Å². The number of fused-ring (bicyclic) bond motifs is 2. The molecule has 2 heterocycles. The van der Waals surface area contributed by atoms with E-state index < -0.39 is 0 Å². The lowest BCUT2D eigenvalue weighted by atomic mass is 9.93. The van der Waals surface area contributed by atoms with Crippen LogP contribution in [0.15, 0.2) is 12.1 Å². The van der Waals surface area contributed by atoms with Gasteiger partial charge in [0.2, 0.25) is 0 Å². The SMILES string of the molecule is Cc1ccc2c(CNC3CC3)c3c(nc2c1C)CCN(C)C3. The number of likely N-dealkylation sites (N-methyl/N-ethyl adjacent to an activating group) is 1. The van der Waals surface area contributed by atoms with Crippen LogP contribution in [0.5, 0.6) is 0 Å². The lowest BCUT2D eigenvalue weighted by molar-refractivity contribution is 0.308. The Morgan fingerprint density at radius 2 is 2.09 bits per heavy atom. The van der Waals surface area contributed by atoms with Gasteiger partial charge in [-0.2, -0.15) is 0 Å². The average Bonchev–Trinajstić information content (AvgIpc) is 3.32. The molecule has 0 bridgehead atoms. The van der Waals surface area contributed by atoms with Gasteiger partial charge in [0.15, 0.2) is 0 Å². The zero-order chi connectivity index (χ0) is 15.3. The molecule has 0 radical (unpaired) electrons. The molecular weight excluding hydrogens is 270 g/mol. The van der Waals surface area contributed by atoms with E-state index >= 15 is 0 Å². The molecule has 4 rings (SSSR count).